The number of nitrogens with one attached hydrogen (secondary N) is 1. The first-order valence-electron chi connectivity index (χ1n) is 7.60. The molecule has 0 atom stereocenters. The van der Waals surface area contributed by atoms with E-state index in [2.05, 4.69) is 29.4 Å². The van der Waals surface area contributed by atoms with Crippen LogP contribution < -0.4 is 10.1 Å². The summed E-state index contributed by atoms with van der Waals surface area (Å²) in [6, 6.07) is 15.2. The van der Waals surface area contributed by atoms with E-state index in [1.54, 1.807) is 36.6 Å². The quantitative estimate of drug-likeness (QED) is 0.763. The first kappa shape index (κ1) is 16.2. The molecule has 0 aliphatic rings. The van der Waals surface area contributed by atoms with Crippen LogP contribution in [0.25, 0.3) is 10.6 Å². The summed E-state index contributed by atoms with van der Waals surface area (Å²) in [5.74, 6) is 0.525. The van der Waals surface area contributed by atoms with Crippen LogP contribution in [0.2, 0.25) is 0 Å². The molecule has 2 aromatic carbocycles. The van der Waals surface area contributed by atoms with Crippen LogP contribution in [0.4, 0.5) is 0 Å². The molecule has 1 aromatic heterocycles. The minimum atomic E-state index is -0.139. The molecule has 24 heavy (non-hydrogen) atoms. The highest BCUT2D eigenvalue weighted by atomic mass is 32.1. The average molecular weight is 338 g/mol. The lowest BCUT2D eigenvalue weighted by Gasteiger charge is -2.05. The number of rotatable bonds is 5. The van der Waals surface area contributed by atoms with Gasteiger partial charge in [0.05, 0.1) is 19.3 Å². The monoisotopic (exact) mass is 338 g/mol. The van der Waals surface area contributed by atoms with Crippen LogP contribution in [-0.2, 0) is 6.54 Å². The SMILES string of the molecule is COc1cccc(C(=O)NCc2csc(-c3ccccc3C)n2)c1. The molecule has 1 heterocycles. The summed E-state index contributed by atoms with van der Waals surface area (Å²) in [7, 11) is 1.58. The lowest BCUT2D eigenvalue weighted by molar-refractivity contribution is 0.0950. The van der Waals surface area contributed by atoms with Gasteiger partial charge in [-0.15, -0.1) is 11.3 Å². The molecule has 0 saturated heterocycles. The Labute approximate surface area is 145 Å². The van der Waals surface area contributed by atoms with E-state index in [4.69, 9.17) is 4.74 Å². The van der Waals surface area contributed by atoms with Crippen molar-refractivity contribution in [3.8, 4) is 16.3 Å². The van der Waals surface area contributed by atoms with Crippen molar-refractivity contribution < 1.29 is 9.53 Å². The van der Waals surface area contributed by atoms with Gasteiger partial charge in [0.1, 0.15) is 10.8 Å². The Hall–Kier alpha value is -2.66. The van der Waals surface area contributed by atoms with Crippen molar-refractivity contribution in [2.75, 3.05) is 7.11 Å². The van der Waals surface area contributed by atoms with Gasteiger partial charge >= 0.3 is 0 Å². The summed E-state index contributed by atoms with van der Waals surface area (Å²) in [6.07, 6.45) is 0. The van der Waals surface area contributed by atoms with E-state index in [0.29, 0.717) is 17.9 Å². The third-order valence-electron chi connectivity index (χ3n) is 3.69. The maximum atomic E-state index is 12.2. The smallest absolute Gasteiger partial charge is 0.251 e. The second kappa shape index (κ2) is 7.27. The lowest BCUT2D eigenvalue weighted by Crippen LogP contribution is -2.22. The number of carbonyl (C=O) groups is 1. The topological polar surface area (TPSA) is 51.2 Å². The van der Waals surface area contributed by atoms with Gasteiger partial charge in [0, 0.05) is 16.5 Å². The van der Waals surface area contributed by atoms with Crippen LogP contribution in [0.1, 0.15) is 21.6 Å². The predicted molar refractivity (Wildman–Crippen MR) is 96.5 cm³/mol. The van der Waals surface area contributed by atoms with Crippen molar-refractivity contribution in [1.82, 2.24) is 10.3 Å². The number of methoxy groups -OCH3 is 1. The molecule has 5 heteroatoms. The molecular formula is C19H18N2O2S. The zero-order valence-corrected chi connectivity index (χ0v) is 14.4. The number of aryl methyl sites for hydroxylation is 1. The summed E-state index contributed by atoms with van der Waals surface area (Å²) in [5, 5.41) is 5.85. The molecule has 0 aliphatic carbocycles. The summed E-state index contributed by atoms with van der Waals surface area (Å²) in [6.45, 7) is 2.47. The molecule has 0 aliphatic heterocycles. The van der Waals surface area contributed by atoms with Gasteiger partial charge in [-0.3, -0.25) is 4.79 Å². The van der Waals surface area contributed by atoms with Crippen molar-refractivity contribution >= 4 is 17.2 Å². The number of amides is 1. The van der Waals surface area contributed by atoms with Crippen molar-refractivity contribution in [3.05, 3.63) is 70.7 Å². The molecular weight excluding hydrogens is 320 g/mol. The first-order chi connectivity index (χ1) is 11.7. The van der Waals surface area contributed by atoms with E-state index in [1.807, 2.05) is 23.6 Å². The maximum Gasteiger partial charge on any atom is 0.251 e. The molecule has 0 radical (unpaired) electrons. The van der Waals surface area contributed by atoms with Crippen LogP contribution in [0, 0.1) is 6.92 Å². The van der Waals surface area contributed by atoms with Gasteiger partial charge < -0.3 is 10.1 Å². The highest BCUT2D eigenvalue weighted by Crippen LogP contribution is 2.26. The van der Waals surface area contributed by atoms with Gasteiger partial charge in [-0.25, -0.2) is 4.98 Å². The van der Waals surface area contributed by atoms with Gasteiger partial charge in [-0.05, 0) is 30.7 Å². The minimum absolute atomic E-state index is 0.139. The normalized spacial score (nSPS) is 10.4. The highest BCUT2D eigenvalue weighted by molar-refractivity contribution is 7.13. The van der Waals surface area contributed by atoms with Crippen LogP contribution in [-0.4, -0.2) is 18.0 Å². The van der Waals surface area contributed by atoms with Gasteiger partial charge in [0.15, 0.2) is 0 Å². The molecule has 122 valence electrons. The fourth-order valence-corrected chi connectivity index (χ4v) is 3.27. The first-order valence-corrected chi connectivity index (χ1v) is 8.48. The third kappa shape index (κ3) is 3.63. The zero-order valence-electron chi connectivity index (χ0n) is 13.6. The zero-order chi connectivity index (χ0) is 16.9. The predicted octanol–water partition coefficient (Wildman–Crippen LogP) is 4.06. The molecule has 0 unspecified atom stereocenters. The Morgan fingerprint density at radius 3 is 2.83 bits per heavy atom. The molecule has 0 fully saturated rings. The number of thiazole rings is 1. The largest absolute Gasteiger partial charge is 0.497 e. The van der Waals surface area contributed by atoms with Crippen LogP contribution in [0.3, 0.4) is 0 Å². The summed E-state index contributed by atoms with van der Waals surface area (Å²) in [5.41, 5.74) is 3.75. The van der Waals surface area contributed by atoms with Gasteiger partial charge in [0.2, 0.25) is 0 Å². The van der Waals surface area contributed by atoms with Crippen LogP contribution >= 0.6 is 11.3 Å². The molecule has 1 amide bonds. The van der Waals surface area contributed by atoms with E-state index in [9.17, 15) is 4.79 Å². The van der Waals surface area contributed by atoms with Crippen LogP contribution in [0.15, 0.2) is 53.9 Å². The number of carbonyl (C=O) groups excluding carboxylic acids is 1. The molecule has 0 spiro atoms. The number of ether oxygens (including phenoxy) is 1. The van der Waals surface area contributed by atoms with Gasteiger partial charge in [0.25, 0.3) is 5.91 Å². The highest BCUT2D eigenvalue weighted by Gasteiger charge is 2.10. The Kier molecular flexibility index (Phi) is 4.91. The minimum Gasteiger partial charge on any atom is -0.497 e. The van der Waals surface area contributed by atoms with E-state index in [0.717, 1.165) is 16.3 Å². The molecule has 0 saturated carbocycles. The van der Waals surface area contributed by atoms with E-state index in [1.165, 1.54) is 5.56 Å². The molecule has 4 nitrogen and oxygen atoms in total. The molecule has 1 N–H and O–H groups in total. The number of hydrogen-bond acceptors (Lipinski definition) is 4. The van der Waals surface area contributed by atoms with E-state index in [-0.39, 0.29) is 5.91 Å². The number of hydrogen-bond donors (Lipinski definition) is 1. The summed E-state index contributed by atoms with van der Waals surface area (Å²) in [4.78, 5) is 16.8. The molecule has 0 bridgehead atoms. The summed E-state index contributed by atoms with van der Waals surface area (Å²) < 4.78 is 5.14. The van der Waals surface area contributed by atoms with Crippen molar-refractivity contribution in [2.24, 2.45) is 0 Å². The van der Waals surface area contributed by atoms with E-state index >= 15 is 0 Å². The Morgan fingerprint density at radius 1 is 1.21 bits per heavy atom. The Morgan fingerprint density at radius 2 is 2.04 bits per heavy atom. The van der Waals surface area contributed by atoms with E-state index < -0.39 is 0 Å². The molecule has 3 aromatic rings. The maximum absolute atomic E-state index is 12.2. The van der Waals surface area contributed by atoms with Gasteiger partial charge in [-0.1, -0.05) is 30.3 Å². The second-order valence-corrected chi connectivity index (χ2v) is 6.23. The Bertz CT molecular complexity index is 858. The van der Waals surface area contributed by atoms with Crippen molar-refractivity contribution in [3.63, 3.8) is 0 Å². The van der Waals surface area contributed by atoms with Crippen molar-refractivity contribution in [2.45, 2.75) is 13.5 Å². The fraction of sp³-hybridized carbons (Fsp3) is 0.158. The molecule has 3 rings (SSSR count). The van der Waals surface area contributed by atoms with Crippen molar-refractivity contribution in [1.29, 1.82) is 0 Å². The third-order valence-corrected chi connectivity index (χ3v) is 4.61. The number of aromatic nitrogens is 1. The number of nitrogens with zero attached hydrogens (tertiary/aromatic N) is 1. The Balaban J connectivity index is 1.67. The standard InChI is InChI=1S/C19H18N2O2S/c1-13-6-3-4-9-17(13)19-21-15(12-24-19)11-20-18(22)14-7-5-8-16(10-14)23-2/h3-10,12H,11H2,1-2H3,(H,20,22). The van der Waals surface area contributed by atoms with Gasteiger partial charge in [-0.2, -0.15) is 0 Å². The number of benzene rings is 2. The fourth-order valence-electron chi connectivity index (χ4n) is 2.36. The summed E-state index contributed by atoms with van der Waals surface area (Å²) >= 11 is 1.59. The average Bonchev–Trinajstić information content (AvgIpc) is 3.09. The lowest BCUT2D eigenvalue weighted by atomic mass is 10.1. The van der Waals surface area contributed by atoms with Crippen LogP contribution in [0.5, 0.6) is 5.75 Å². The second-order valence-electron chi connectivity index (χ2n) is 5.37.